The second kappa shape index (κ2) is 39.0. The SMILES string of the molecule is CC.CC.CC.[B]C1OC(COC)C(C(C)CC)C1OCCCCCCCCCCCCCCCCCCCCCC. The molecule has 1 aliphatic rings. The molecule has 42 heavy (non-hydrogen) atoms. The van der Waals surface area contributed by atoms with E-state index < -0.39 is 0 Å². The highest BCUT2D eigenvalue weighted by Gasteiger charge is 2.44. The molecule has 0 aliphatic carbocycles. The fourth-order valence-corrected chi connectivity index (χ4v) is 5.86. The van der Waals surface area contributed by atoms with Gasteiger partial charge < -0.3 is 14.2 Å². The summed E-state index contributed by atoms with van der Waals surface area (Å²) >= 11 is 0. The van der Waals surface area contributed by atoms with Crippen LogP contribution in [0, 0.1) is 11.8 Å². The Balaban J connectivity index is -0.00000237. The molecule has 0 aromatic carbocycles. The molecule has 0 bridgehead atoms. The zero-order valence-corrected chi connectivity index (χ0v) is 31.0. The van der Waals surface area contributed by atoms with Crippen LogP contribution in [-0.4, -0.2) is 46.4 Å². The molecule has 1 aliphatic heterocycles. The van der Waals surface area contributed by atoms with E-state index in [0.717, 1.165) is 19.4 Å². The minimum absolute atomic E-state index is 0.000389. The van der Waals surface area contributed by atoms with Crippen molar-refractivity contribution in [3.63, 3.8) is 0 Å². The smallest absolute Gasteiger partial charge is 0.112 e. The van der Waals surface area contributed by atoms with Crippen LogP contribution >= 0.6 is 0 Å². The van der Waals surface area contributed by atoms with Crippen molar-refractivity contribution < 1.29 is 14.2 Å². The zero-order chi connectivity index (χ0) is 32.3. The molecule has 0 saturated carbocycles. The first-order valence-electron chi connectivity index (χ1n) is 19.2. The molecule has 5 unspecified atom stereocenters. The summed E-state index contributed by atoms with van der Waals surface area (Å²) in [7, 11) is 8.00. The highest BCUT2D eigenvalue weighted by Crippen LogP contribution is 2.35. The third kappa shape index (κ3) is 26.4. The molecule has 5 atom stereocenters. The van der Waals surface area contributed by atoms with Crippen LogP contribution in [0.4, 0.5) is 0 Å². The highest BCUT2D eigenvalue weighted by molar-refractivity contribution is 6.11. The van der Waals surface area contributed by atoms with Gasteiger partial charge in [0.15, 0.2) is 0 Å². The number of hydrogen-bond acceptors (Lipinski definition) is 3. The van der Waals surface area contributed by atoms with Gasteiger partial charge in [0, 0.05) is 25.6 Å². The lowest BCUT2D eigenvalue weighted by Crippen LogP contribution is -2.36. The molecule has 0 aromatic heterocycles. The molecule has 2 radical (unpaired) electrons. The van der Waals surface area contributed by atoms with Gasteiger partial charge in [0.2, 0.25) is 0 Å². The maximum Gasteiger partial charge on any atom is 0.112 e. The van der Waals surface area contributed by atoms with Crippen LogP contribution in [0.15, 0.2) is 0 Å². The maximum absolute atomic E-state index is 6.27. The monoisotopic (exact) mass is 597 g/mol. The van der Waals surface area contributed by atoms with E-state index in [9.17, 15) is 0 Å². The van der Waals surface area contributed by atoms with Gasteiger partial charge in [0.05, 0.1) is 18.8 Å². The van der Waals surface area contributed by atoms with Crippen molar-refractivity contribution in [2.75, 3.05) is 20.3 Å². The Hall–Kier alpha value is -0.0551. The molecule has 254 valence electrons. The Kier molecular flexibility index (Phi) is 43.0. The lowest BCUT2D eigenvalue weighted by molar-refractivity contribution is 0.0000698. The minimum atomic E-state index is -0.325. The summed E-state index contributed by atoms with van der Waals surface area (Å²) in [4.78, 5) is 0. The topological polar surface area (TPSA) is 27.7 Å². The van der Waals surface area contributed by atoms with Gasteiger partial charge in [-0.25, -0.2) is 0 Å². The normalized spacial score (nSPS) is 20.0. The Morgan fingerprint density at radius 2 is 0.952 bits per heavy atom. The van der Waals surface area contributed by atoms with Crippen molar-refractivity contribution in [2.45, 2.75) is 215 Å². The molecule has 1 heterocycles. The van der Waals surface area contributed by atoms with Crippen molar-refractivity contribution in [3.8, 4) is 0 Å². The summed E-state index contributed by atoms with van der Waals surface area (Å²) in [6, 6.07) is -0.325. The Bertz CT molecular complexity index is 462. The van der Waals surface area contributed by atoms with Gasteiger partial charge >= 0.3 is 0 Å². The molecule has 0 spiro atoms. The molecule has 0 N–H and O–H groups in total. The first-order chi connectivity index (χ1) is 20.7. The molecule has 4 heteroatoms. The molecular weight excluding hydrogens is 515 g/mol. The van der Waals surface area contributed by atoms with E-state index in [-0.39, 0.29) is 18.2 Å². The average Bonchev–Trinajstić information content (AvgIpc) is 3.34. The van der Waals surface area contributed by atoms with Crippen LogP contribution in [0.1, 0.15) is 197 Å². The third-order valence-corrected chi connectivity index (χ3v) is 8.40. The average molecular weight is 597 g/mol. The van der Waals surface area contributed by atoms with E-state index in [2.05, 4.69) is 20.8 Å². The first-order valence-corrected chi connectivity index (χ1v) is 19.2. The van der Waals surface area contributed by atoms with Crippen LogP contribution in [-0.2, 0) is 14.2 Å². The van der Waals surface area contributed by atoms with Crippen LogP contribution in [0.2, 0.25) is 0 Å². The second-order valence-electron chi connectivity index (χ2n) is 11.6. The van der Waals surface area contributed by atoms with Crippen molar-refractivity contribution in [1.29, 1.82) is 0 Å². The fourth-order valence-electron chi connectivity index (χ4n) is 5.86. The van der Waals surface area contributed by atoms with Gasteiger partial charge in [0.25, 0.3) is 0 Å². The van der Waals surface area contributed by atoms with Crippen molar-refractivity contribution in [2.24, 2.45) is 11.8 Å². The van der Waals surface area contributed by atoms with E-state index in [0.29, 0.717) is 18.4 Å². The molecular formula is C38H81BO3. The highest BCUT2D eigenvalue weighted by atomic mass is 16.6. The number of methoxy groups -OCH3 is 1. The summed E-state index contributed by atoms with van der Waals surface area (Å²) in [5.74, 6) is 0.855. The summed E-state index contributed by atoms with van der Waals surface area (Å²) < 4.78 is 17.6. The maximum atomic E-state index is 6.27. The Labute approximate surface area is 269 Å². The van der Waals surface area contributed by atoms with E-state index in [1.807, 2.05) is 41.5 Å². The van der Waals surface area contributed by atoms with Crippen molar-refractivity contribution in [1.82, 2.24) is 0 Å². The van der Waals surface area contributed by atoms with Gasteiger partial charge in [0.1, 0.15) is 7.85 Å². The van der Waals surface area contributed by atoms with Crippen LogP contribution < -0.4 is 0 Å². The lowest BCUT2D eigenvalue weighted by atomic mass is 9.79. The summed E-state index contributed by atoms with van der Waals surface area (Å²) in [5, 5.41) is 0. The number of hydrogen-bond donors (Lipinski definition) is 0. The molecule has 1 rings (SSSR count). The summed E-state index contributed by atoms with van der Waals surface area (Å²) in [6.07, 6.45) is 29.3. The number of ether oxygens (including phenoxy) is 3. The fraction of sp³-hybridized carbons (Fsp3) is 1.00. The predicted molar refractivity (Wildman–Crippen MR) is 191 cm³/mol. The van der Waals surface area contributed by atoms with Crippen molar-refractivity contribution >= 4 is 7.85 Å². The van der Waals surface area contributed by atoms with Gasteiger partial charge in [-0.05, 0) is 12.3 Å². The number of unbranched alkanes of at least 4 members (excludes halogenated alkanes) is 19. The van der Waals surface area contributed by atoms with E-state index in [1.165, 1.54) is 122 Å². The first kappa shape index (κ1) is 46.4. The molecule has 0 aromatic rings. The molecule has 0 amide bonds. The Morgan fingerprint density at radius 1 is 0.595 bits per heavy atom. The third-order valence-electron chi connectivity index (χ3n) is 8.40. The van der Waals surface area contributed by atoms with Gasteiger partial charge in [-0.1, -0.05) is 191 Å². The second-order valence-corrected chi connectivity index (χ2v) is 11.6. The quantitative estimate of drug-likeness (QED) is 0.0734. The summed E-state index contributed by atoms with van der Waals surface area (Å²) in [6.45, 7) is 20.2. The van der Waals surface area contributed by atoms with Gasteiger partial charge in [-0.15, -0.1) is 0 Å². The molecule has 1 fully saturated rings. The largest absolute Gasteiger partial charge is 0.382 e. The van der Waals surface area contributed by atoms with Gasteiger partial charge in [-0.2, -0.15) is 0 Å². The molecule has 1 saturated heterocycles. The van der Waals surface area contributed by atoms with Crippen LogP contribution in [0.5, 0.6) is 0 Å². The zero-order valence-electron chi connectivity index (χ0n) is 31.0. The number of rotatable bonds is 26. The van der Waals surface area contributed by atoms with E-state index in [4.69, 9.17) is 22.1 Å². The Morgan fingerprint density at radius 3 is 1.29 bits per heavy atom. The standard InChI is InChI=1S/C32H63BO3.3C2H6/c1-5-7-8-9-10-11-12-13-14-15-16-17-18-19-20-21-22-23-24-25-26-35-31-30(28(3)6-2)29(27-34-4)36-32(31)33;3*1-2/h28-32H,5-27H2,1-4H3;3*1-2H3. The molecule has 3 nitrogen and oxygen atoms in total. The van der Waals surface area contributed by atoms with Gasteiger partial charge in [-0.3, -0.25) is 0 Å². The van der Waals surface area contributed by atoms with E-state index >= 15 is 0 Å². The summed E-state index contributed by atoms with van der Waals surface area (Å²) in [5.41, 5.74) is 0. The predicted octanol–water partition coefficient (Wildman–Crippen LogP) is 12.5. The minimum Gasteiger partial charge on any atom is -0.382 e. The van der Waals surface area contributed by atoms with Crippen LogP contribution in [0.3, 0.4) is 0 Å². The lowest BCUT2D eigenvalue weighted by Gasteiger charge is -2.28. The van der Waals surface area contributed by atoms with Crippen LogP contribution in [0.25, 0.3) is 0 Å². The van der Waals surface area contributed by atoms with E-state index in [1.54, 1.807) is 7.11 Å². The van der Waals surface area contributed by atoms with Crippen molar-refractivity contribution in [3.05, 3.63) is 0 Å².